The van der Waals surface area contributed by atoms with Gasteiger partial charge >= 0.3 is 0 Å². The first kappa shape index (κ1) is 10.3. The minimum atomic E-state index is 0.435. The van der Waals surface area contributed by atoms with Crippen molar-refractivity contribution in [3.8, 4) is 0 Å². The zero-order valence-corrected chi connectivity index (χ0v) is 8.96. The molecular formula is C10H19N3. The van der Waals surface area contributed by atoms with Gasteiger partial charge in [0.15, 0.2) is 0 Å². The van der Waals surface area contributed by atoms with Gasteiger partial charge < -0.3 is 5.73 Å². The second kappa shape index (κ2) is 3.92. The maximum atomic E-state index is 5.55. The highest BCUT2D eigenvalue weighted by Gasteiger charge is 2.11. The number of aryl methyl sites for hydroxylation is 1. The molecule has 0 unspecified atom stereocenters. The maximum Gasteiger partial charge on any atom is 0.0629 e. The summed E-state index contributed by atoms with van der Waals surface area (Å²) in [6.07, 6.45) is 0.935. The van der Waals surface area contributed by atoms with Gasteiger partial charge in [0.2, 0.25) is 0 Å². The van der Waals surface area contributed by atoms with Gasteiger partial charge in [-0.2, -0.15) is 5.10 Å². The van der Waals surface area contributed by atoms with Crippen LogP contribution in [-0.2, 0) is 6.42 Å². The van der Waals surface area contributed by atoms with Crippen LogP contribution < -0.4 is 5.73 Å². The molecule has 0 spiro atoms. The van der Waals surface area contributed by atoms with E-state index in [9.17, 15) is 0 Å². The molecule has 0 saturated carbocycles. The van der Waals surface area contributed by atoms with Crippen molar-refractivity contribution in [3.63, 3.8) is 0 Å². The fourth-order valence-electron chi connectivity index (χ4n) is 1.71. The van der Waals surface area contributed by atoms with Crippen LogP contribution in [0.3, 0.4) is 0 Å². The fourth-order valence-corrected chi connectivity index (χ4v) is 1.71. The molecule has 0 radical (unpaired) electrons. The molecule has 0 aliphatic rings. The quantitative estimate of drug-likeness (QED) is 0.769. The van der Waals surface area contributed by atoms with Crippen LogP contribution >= 0.6 is 0 Å². The molecule has 2 N–H and O–H groups in total. The average Bonchev–Trinajstić information content (AvgIpc) is 2.32. The molecule has 1 heterocycles. The van der Waals surface area contributed by atoms with Gasteiger partial charge in [0, 0.05) is 11.7 Å². The molecule has 1 rings (SSSR count). The van der Waals surface area contributed by atoms with E-state index < -0.39 is 0 Å². The van der Waals surface area contributed by atoms with Crippen LogP contribution in [0.2, 0.25) is 0 Å². The first-order valence-corrected chi connectivity index (χ1v) is 4.82. The molecule has 3 heteroatoms. The molecule has 0 aromatic carbocycles. The standard InChI is InChI=1S/C10H19N3/c1-7(2)13-9(4)10(5-6-11)8(3)12-13/h7H,5-6,11H2,1-4H3. The molecule has 0 fully saturated rings. The summed E-state index contributed by atoms with van der Waals surface area (Å²) >= 11 is 0. The van der Waals surface area contributed by atoms with E-state index in [1.807, 2.05) is 0 Å². The summed E-state index contributed by atoms with van der Waals surface area (Å²) in [6, 6.07) is 0.435. The van der Waals surface area contributed by atoms with Gasteiger partial charge in [-0.3, -0.25) is 4.68 Å². The topological polar surface area (TPSA) is 43.8 Å². The van der Waals surface area contributed by atoms with Crippen LogP contribution in [0, 0.1) is 13.8 Å². The fraction of sp³-hybridized carbons (Fsp3) is 0.700. The van der Waals surface area contributed by atoms with E-state index in [1.165, 1.54) is 11.3 Å². The van der Waals surface area contributed by atoms with Crippen molar-refractivity contribution in [1.82, 2.24) is 9.78 Å². The zero-order valence-electron chi connectivity index (χ0n) is 8.96. The first-order valence-electron chi connectivity index (χ1n) is 4.82. The second-order valence-corrected chi connectivity index (χ2v) is 3.73. The molecule has 0 saturated heterocycles. The minimum Gasteiger partial charge on any atom is -0.330 e. The Morgan fingerprint density at radius 3 is 2.38 bits per heavy atom. The lowest BCUT2D eigenvalue weighted by atomic mass is 10.1. The van der Waals surface area contributed by atoms with E-state index in [0.717, 1.165) is 12.1 Å². The molecule has 1 aromatic heterocycles. The molecule has 3 nitrogen and oxygen atoms in total. The van der Waals surface area contributed by atoms with Crippen molar-refractivity contribution < 1.29 is 0 Å². The van der Waals surface area contributed by atoms with E-state index in [0.29, 0.717) is 12.6 Å². The number of aromatic nitrogens is 2. The largest absolute Gasteiger partial charge is 0.330 e. The third kappa shape index (κ3) is 1.91. The molecule has 1 aromatic rings. The third-order valence-corrected chi connectivity index (χ3v) is 2.36. The van der Waals surface area contributed by atoms with Crippen LogP contribution in [0.4, 0.5) is 0 Å². The van der Waals surface area contributed by atoms with E-state index in [-0.39, 0.29) is 0 Å². The Kier molecular flexibility index (Phi) is 3.09. The van der Waals surface area contributed by atoms with Crippen LogP contribution in [-0.4, -0.2) is 16.3 Å². The number of rotatable bonds is 3. The predicted molar refractivity (Wildman–Crippen MR) is 54.8 cm³/mol. The van der Waals surface area contributed by atoms with Gasteiger partial charge in [-0.15, -0.1) is 0 Å². The zero-order chi connectivity index (χ0) is 10.0. The second-order valence-electron chi connectivity index (χ2n) is 3.73. The lowest BCUT2D eigenvalue weighted by molar-refractivity contribution is 0.515. The molecule has 0 amide bonds. The van der Waals surface area contributed by atoms with Gasteiger partial charge in [0.25, 0.3) is 0 Å². The van der Waals surface area contributed by atoms with Crippen molar-refractivity contribution in [2.24, 2.45) is 5.73 Å². The number of hydrogen-bond acceptors (Lipinski definition) is 2. The Hall–Kier alpha value is -0.830. The van der Waals surface area contributed by atoms with Crippen LogP contribution in [0.15, 0.2) is 0 Å². The molecule has 0 aliphatic heterocycles. The summed E-state index contributed by atoms with van der Waals surface area (Å²) < 4.78 is 2.07. The summed E-state index contributed by atoms with van der Waals surface area (Å²) in [5.74, 6) is 0. The van der Waals surface area contributed by atoms with Crippen molar-refractivity contribution in [1.29, 1.82) is 0 Å². The SMILES string of the molecule is Cc1nn(C(C)C)c(C)c1CCN. The van der Waals surface area contributed by atoms with Crippen LogP contribution in [0.25, 0.3) is 0 Å². The normalized spacial score (nSPS) is 11.2. The maximum absolute atomic E-state index is 5.55. The van der Waals surface area contributed by atoms with Crippen molar-refractivity contribution in [2.45, 2.75) is 40.2 Å². The lowest BCUT2D eigenvalue weighted by Gasteiger charge is -2.08. The molecular weight excluding hydrogens is 162 g/mol. The van der Waals surface area contributed by atoms with E-state index in [4.69, 9.17) is 5.73 Å². The highest BCUT2D eigenvalue weighted by Crippen LogP contribution is 2.16. The van der Waals surface area contributed by atoms with Crippen molar-refractivity contribution >= 4 is 0 Å². The van der Waals surface area contributed by atoms with Gasteiger partial charge in [-0.1, -0.05) is 0 Å². The minimum absolute atomic E-state index is 0.435. The summed E-state index contributed by atoms with van der Waals surface area (Å²) in [5, 5.41) is 4.49. The number of nitrogens with two attached hydrogens (primary N) is 1. The Labute approximate surface area is 79.9 Å². The van der Waals surface area contributed by atoms with Gasteiger partial charge in [-0.05, 0) is 46.2 Å². The Morgan fingerprint density at radius 1 is 1.38 bits per heavy atom. The monoisotopic (exact) mass is 181 g/mol. The molecule has 13 heavy (non-hydrogen) atoms. The average molecular weight is 181 g/mol. The van der Waals surface area contributed by atoms with E-state index in [1.54, 1.807) is 0 Å². The third-order valence-electron chi connectivity index (χ3n) is 2.36. The highest BCUT2D eigenvalue weighted by atomic mass is 15.3. The lowest BCUT2D eigenvalue weighted by Crippen LogP contribution is -2.07. The molecule has 0 atom stereocenters. The summed E-state index contributed by atoms with van der Waals surface area (Å²) in [7, 11) is 0. The molecule has 74 valence electrons. The number of hydrogen-bond donors (Lipinski definition) is 1. The Balaban J connectivity index is 3.07. The number of nitrogens with zero attached hydrogens (tertiary/aromatic N) is 2. The predicted octanol–water partition coefficient (Wildman–Crippen LogP) is 1.58. The summed E-state index contributed by atoms with van der Waals surface area (Å²) in [5.41, 5.74) is 9.25. The first-order chi connectivity index (χ1) is 6.07. The van der Waals surface area contributed by atoms with Gasteiger partial charge in [-0.25, -0.2) is 0 Å². The Morgan fingerprint density at radius 2 is 2.00 bits per heavy atom. The van der Waals surface area contributed by atoms with Crippen molar-refractivity contribution in [2.75, 3.05) is 6.54 Å². The van der Waals surface area contributed by atoms with Gasteiger partial charge in [0.1, 0.15) is 0 Å². The van der Waals surface area contributed by atoms with E-state index >= 15 is 0 Å². The Bertz CT molecular complexity index is 287. The summed E-state index contributed by atoms with van der Waals surface area (Å²) in [6.45, 7) is 9.16. The molecule has 0 bridgehead atoms. The smallest absolute Gasteiger partial charge is 0.0629 e. The highest BCUT2D eigenvalue weighted by molar-refractivity contribution is 5.25. The van der Waals surface area contributed by atoms with Crippen molar-refractivity contribution in [3.05, 3.63) is 17.0 Å². The van der Waals surface area contributed by atoms with Crippen LogP contribution in [0.1, 0.15) is 36.8 Å². The van der Waals surface area contributed by atoms with Crippen LogP contribution in [0.5, 0.6) is 0 Å². The van der Waals surface area contributed by atoms with E-state index in [2.05, 4.69) is 37.5 Å². The van der Waals surface area contributed by atoms with Gasteiger partial charge in [0.05, 0.1) is 5.69 Å². The molecule has 0 aliphatic carbocycles. The summed E-state index contributed by atoms with van der Waals surface area (Å²) in [4.78, 5) is 0.